The molecule has 0 saturated carbocycles. The van der Waals surface area contributed by atoms with E-state index in [1.807, 2.05) is 91.5 Å². The van der Waals surface area contributed by atoms with Crippen LogP contribution in [0.25, 0.3) is 0 Å². The quantitative estimate of drug-likeness (QED) is 0.145. The fourth-order valence-corrected chi connectivity index (χ4v) is 5.94. The lowest BCUT2D eigenvalue weighted by atomic mass is 9.98. The standard InChI is InChI=1S/C31H23Cl6N2O/c32-23-5-1-21(2-6-23)31(22-3-7-24(33)8-4-22)39-12-11-38(19-39)17-30(28-10-9-25(34)16-29(28)37)40-18-20-13-26(35)15-27(36)14-20/h1-16,19,30-31H,17-18H2/q+1. The molecule has 0 N–H and O–H groups in total. The molecule has 0 amide bonds. The van der Waals surface area contributed by atoms with Gasteiger partial charge < -0.3 is 4.74 Å². The molecular weight excluding hydrogens is 629 g/mol. The second kappa shape index (κ2) is 13.2. The van der Waals surface area contributed by atoms with E-state index in [1.165, 1.54) is 0 Å². The zero-order valence-corrected chi connectivity index (χ0v) is 25.5. The molecule has 0 fully saturated rings. The van der Waals surface area contributed by atoms with Crippen molar-refractivity contribution in [3.05, 3.63) is 156 Å². The molecule has 5 aromatic rings. The average molecular weight is 652 g/mol. The smallest absolute Gasteiger partial charge is 0.244 e. The molecule has 9 heteroatoms. The predicted octanol–water partition coefficient (Wildman–Crippen LogP) is 10.3. The van der Waals surface area contributed by atoms with Crippen molar-refractivity contribution >= 4 is 69.6 Å². The molecule has 5 rings (SSSR count). The van der Waals surface area contributed by atoms with Gasteiger partial charge in [-0.2, -0.15) is 0 Å². The van der Waals surface area contributed by atoms with Gasteiger partial charge in [0, 0.05) is 46.8 Å². The molecule has 1 aromatic heterocycles. The number of aromatic nitrogens is 2. The summed E-state index contributed by atoms with van der Waals surface area (Å²) < 4.78 is 10.6. The maximum atomic E-state index is 6.62. The molecule has 0 aliphatic carbocycles. The highest BCUT2D eigenvalue weighted by molar-refractivity contribution is 6.35. The summed E-state index contributed by atoms with van der Waals surface area (Å²) in [6.07, 6.45) is 5.71. The fraction of sp³-hybridized carbons (Fsp3) is 0.129. The normalized spacial score (nSPS) is 12.2. The van der Waals surface area contributed by atoms with Crippen LogP contribution in [0.1, 0.15) is 34.4 Å². The van der Waals surface area contributed by atoms with Gasteiger partial charge in [0.05, 0.1) is 6.61 Å². The van der Waals surface area contributed by atoms with Crippen LogP contribution < -0.4 is 4.57 Å². The number of nitrogens with zero attached hydrogens (tertiary/aromatic N) is 2. The van der Waals surface area contributed by atoms with Crippen molar-refractivity contribution in [3.8, 4) is 0 Å². The number of hydrogen-bond donors (Lipinski definition) is 0. The van der Waals surface area contributed by atoms with Gasteiger partial charge in [0.25, 0.3) is 0 Å². The first-order chi connectivity index (χ1) is 19.2. The first-order valence-electron chi connectivity index (χ1n) is 12.3. The van der Waals surface area contributed by atoms with Gasteiger partial charge in [-0.3, -0.25) is 0 Å². The summed E-state index contributed by atoms with van der Waals surface area (Å²) in [7, 11) is 0. The molecule has 0 saturated heterocycles. The van der Waals surface area contributed by atoms with Crippen LogP contribution in [0, 0.1) is 0 Å². The van der Waals surface area contributed by atoms with E-state index in [4.69, 9.17) is 74.3 Å². The Kier molecular flexibility index (Phi) is 9.65. The van der Waals surface area contributed by atoms with Gasteiger partial charge in [-0.25, -0.2) is 9.13 Å². The molecular formula is C31H23Cl6N2O+. The zero-order chi connectivity index (χ0) is 28.2. The van der Waals surface area contributed by atoms with Crippen molar-refractivity contribution in [1.29, 1.82) is 0 Å². The molecule has 40 heavy (non-hydrogen) atoms. The predicted molar refractivity (Wildman–Crippen MR) is 165 cm³/mol. The summed E-state index contributed by atoms with van der Waals surface area (Å²) in [5.41, 5.74) is 3.86. The number of halogens is 6. The SMILES string of the molecule is Clc1ccc(C(c2ccc(Cl)cc2)n2cc[n+](CC(OCc3cc(Cl)cc(Cl)c3)c3ccc(Cl)cc3Cl)c2)cc1. The molecule has 204 valence electrons. The molecule has 4 aromatic carbocycles. The minimum atomic E-state index is -0.382. The Morgan fingerprint density at radius 3 is 1.80 bits per heavy atom. The maximum Gasteiger partial charge on any atom is 0.244 e. The van der Waals surface area contributed by atoms with E-state index in [1.54, 1.807) is 12.1 Å². The fourth-order valence-electron chi connectivity index (χ4n) is 4.58. The highest BCUT2D eigenvalue weighted by Crippen LogP contribution is 2.31. The van der Waals surface area contributed by atoms with Gasteiger partial charge in [-0.15, -0.1) is 0 Å². The Morgan fingerprint density at radius 2 is 1.23 bits per heavy atom. The van der Waals surface area contributed by atoms with Crippen LogP contribution in [-0.4, -0.2) is 4.57 Å². The van der Waals surface area contributed by atoms with Crippen LogP contribution >= 0.6 is 69.6 Å². The lowest BCUT2D eigenvalue weighted by Crippen LogP contribution is -2.36. The Labute approximate surface area is 263 Å². The number of hydrogen-bond acceptors (Lipinski definition) is 1. The summed E-state index contributed by atoms with van der Waals surface area (Å²) in [4.78, 5) is 0. The first-order valence-corrected chi connectivity index (χ1v) is 14.6. The second-order valence-corrected chi connectivity index (χ2v) is 11.9. The Balaban J connectivity index is 1.46. The number of imidazole rings is 1. The van der Waals surface area contributed by atoms with Crippen LogP contribution in [0.15, 0.2) is 104 Å². The van der Waals surface area contributed by atoms with Crippen molar-refractivity contribution < 1.29 is 9.30 Å². The summed E-state index contributed by atoms with van der Waals surface area (Å²) in [6, 6.07) is 26.4. The van der Waals surface area contributed by atoms with Gasteiger partial charge in [0.1, 0.15) is 25.0 Å². The third-order valence-corrected chi connectivity index (χ3v) is 7.94. The Hall–Kier alpha value is -2.21. The topological polar surface area (TPSA) is 18.0 Å². The van der Waals surface area contributed by atoms with Gasteiger partial charge >= 0.3 is 0 Å². The molecule has 3 nitrogen and oxygen atoms in total. The van der Waals surface area contributed by atoms with E-state index in [0.29, 0.717) is 43.3 Å². The van der Waals surface area contributed by atoms with Gasteiger partial charge in [0.15, 0.2) is 6.04 Å². The van der Waals surface area contributed by atoms with Crippen molar-refractivity contribution in [2.24, 2.45) is 0 Å². The lowest BCUT2D eigenvalue weighted by Gasteiger charge is -2.19. The van der Waals surface area contributed by atoms with E-state index in [0.717, 1.165) is 22.3 Å². The van der Waals surface area contributed by atoms with E-state index < -0.39 is 0 Å². The number of ether oxygens (including phenoxy) is 1. The van der Waals surface area contributed by atoms with E-state index >= 15 is 0 Å². The van der Waals surface area contributed by atoms with E-state index in [9.17, 15) is 0 Å². The van der Waals surface area contributed by atoms with Crippen LogP contribution in [-0.2, 0) is 17.9 Å². The minimum Gasteiger partial charge on any atom is -0.365 e. The summed E-state index contributed by atoms with van der Waals surface area (Å²) in [5, 5.41) is 3.55. The third-order valence-electron chi connectivity index (χ3n) is 6.44. The molecule has 0 spiro atoms. The largest absolute Gasteiger partial charge is 0.365 e. The monoisotopic (exact) mass is 649 g/mol. The highest BCUT2D eigenvalue weighted by atomic mass is 35.5. The number of benzene rings is 4. The first kappa shape index (κ1) is 29.3. The molecule has 0 radical (unpaired) electrons. The van der Waals surface area contributed by atoms with E-state index in [2.05, 4.69) is 9.13 Å². The van der Waals surface area contributed by atoms with Crippen molar-refractivity contribution in [2.45, 2.75) is 25.3 Å². The van der Waals surface area contributed by atoms with Crippen molar-refractivity contribution in [3.63, 3.8) is 0 Å². The molecule has 0 bridgehead atoms. The summed E-state index contributed by atoms with van der Waals surface area (Å²) in [5.74, 6) is 0. The Bertz CT molecular complexity index is 1540. The van der Waals surface area contributed by atoms with Crippen LogP contribution in [0.5, 0.6) is 0 Å². The maximum absolute atomic E-state index is 6.62. The van der Waals surface area contributed by atoms with Crippen molar-refractivity contribution in [1.82, 2.24) is 4.57 Å². The summed E-state index contributed by atoms with van der Waals surface area (Å²) >= 11 is 37.6. The zero-order valence-electron chi connectivity index (χ0n) is 21.0. The third kappa shape index (κ3) is 7.35. The molecule has 1 heterocycles. The average Bonchev–Trinajstić information content (AvgIpc) is 3.36. The molecule has 1 atom stereocenters. The Morgan fingerprint density at radius 1 is 0.650 bits per heavy atom. The van der Waals surface area contributed by atoms with Gasteiger partial charge in [-0.1, -0.05) is 99.9 Å². The molecule has 0 aliphatic rings. The van der Waals surface area contributed by atoms with Crippen LogP contribution in [0.3, 0.4) is 0 Å². The highest BCUT2D eigenvalue weighted by Gasteiger charge is 2.24. The van der Waals surface area contributed by atoms with Gasteiger partial charge in [0.2, 0.25) is 6.33 Å². The van der Waals surface area contributed by atoms with Crippen molar-refractivity contribution in [2.75, 3.05) is 0 Å². The second-order valence-electron chi connectivity index (χ2n) is 9.31. The van der Waals surface area contributed by atoms with Gasteiger partial charge in [-0.05, 0) is 60.2 Å². The lowest BCUT2D eigenvalue weighted by molar-refractivity contribution is -0.705. The molecule has 1 unspecified atom stereocenters. The summed E-state index contributed by atoms with van der Waals surface area (Å²) in [6.45, 7) is 0.792. The number of rotatable bonds is 9. The van der Waals surface area contributed by atoms with Crippen LogP contribution in [0.2, 0.25) is 30.1 Å². The van der Waals surface area contributed by atoms with Crippen LogP contribution in [0.4, 0.5) is 0 Å². The molecule has 0 aliphatic heterocycles. The minimum absolute atomic E-state index is 0.0946. The van der Waals surface area contributed by atoms with E-state index in [-0.39, 0.29) is 12.1 Å².